The highest BCUT2D eigenvalue weighted by atomic mass is 35.5. The zero-order chi connectivity index (χ0) is 12.4. The summed E-state index contributed by atoms with van der Waals surface area (Å²) in [6.07, 6.45) is 0. The number of hydrogen-bond acceptors (Lipinski definition) is 2. The predicted molar refractivity (Wildman–Crippen MR) is 68.6 cm³/mol. The minimum Gasteiger partial charge on any atom is -0.507 e. The topological polar surface area (TPSA) is 37.3 Å². The molecule has 3 heteroatoms. The van der Waals surface area contributed by atoms with Gasteiger partial charge in [-0.05, 0) is 30.7 Å². The Bertz CT molecular complexity index is 576. The first-order chi connectivity index (χ1) is 8.09. The number of Topliss-reactive ketones (excluding diaryl/α,β-unsaturated/α-hetero) is 1. The monoisotopic (exact) mass is 246 g/mol. The van der Waals surface area contributed by atoms with E-state index in [9.17, 15) is 9.90 Å². The maximum Gasteiger partial charge on any atom is 0.163 e. The predicted octanol–water partition coefficient (Wildman–Crippen LogP) is 3.92. The Balaban J connectivity index is 2.52. The third kappa shape index (κ3) is 2.32. The van der Waals surface area contributed by atoms with Crippen LogP contribution in [0.25, 0.3) is 11.1 Å². The summed E-state index contributed by atoms with van der Waals surface area (Å²) in [4.78, 5) is 11.2. The molecule has 2 rings (SSSR count). The van der Waals surface area contributed by atoms with Crippen LogP contribution < -0.4 is 0 Å². The molecular formula is C14H11ClO2. The van der Waals surface area contributed by atoms with Crippen molar-refractivity contribution in [1.29, 1.82) is 0 Å². The number of hydrogen-bond donors (Lipinski definition) is 1. The first kappa shape index (κ1) is 11.7. The number of carbonyl (C=O) groups is 1. The Morgan fingerprint density at radius 1 is 1.18 bits per heavy atom. The van der Waals surface area contributed by atoms with Crippen LogP contribution in [-0.2, 0) is 0 Å². The molecule has 0 amide bonds. The van der Waals surface area contributed by atoms with Crippen molar-refractivity contribution < 1.29 is 9.90 Å². The van der Waals surface area contributed by atoms with Crippen LogP contribution in [0.1, 0.15) is 17.3 Å². The number of halogens is 1. The Hall–Kier alpha value is -1.80. The van der Waals surface area contributed by atoms with E-state index in [2.05, 4.69) is 0 Å². The lowest BCUT2D eigenvalue weighted by Gasteiger charge is -2.07. The zero-order valence-electron chi connectivity index (χ0n) is 9.27. The van der Waals surface area contributed by atoms with Gasteiger partial charge in [0.1, 0.15) is 5.75 Å². The lowest BCUT2D eigenvalue weighted by atomic mass is 10.0. The maximum atomic E-state index is 11.2. The summed E-state index contributed by atoms with van der Waals surface area (Å²) in [7, 11) is 0. The first-order valence-electron chi connectivity index (χ1n) is 5.18. The summed E-state index contributed by atoms with van der Waals surface area (Å²) in [5, 5.41) is 10.4. The van der Waals surface area contributed by atoms with Crippen LogP contribution in [0.3, 0.4) is 0 Å². The molecule has 1 N–H and O–H groups in total. The molecule has 86 valence electrons. The van der Waals surface area contributed by atoms with Gasteiger partial charge in [-0.2, -0.15) is 0 Å². The van der Waals surface area contributed by atoms with Crippen LogP contribution in [0, 0.1) is 0 Å². The van der Waals surface area contributed by atoms with E-state index in [1.165, 1.54) is 6.92 Å². The molecule has 2 nitrogen and oxygen atoms in total. The second-order valence-corrected chi connectivity index (χ2v) is 4.18. The van der Waals surface area contributed by atoms with Gasteiger partial charge in [-0.15, -0.1) is 0 Å². The average molecular weight is 247 g/mol. The molecule has 2 aromatic rings. The lowest BCUT2D eigenvalue weighted by Crippen LogP contribution is -1.92. The van der Waals surface area contributed by atoms with Gasteiger partial charge in [0.2, 0.25) is 0 Å². The van der Waals surface area contributed by atoms with E-state index in [1.807, 2.05) is 18.2 Å². The Morgan fingerprint density at radius 3 is 2.47 bits per heavy atom. The number of phenols is 1. The Morgan fingerprint density at radius 2 is 1.88 bits per heavy atom. The Labute approximate surface area is 104 Å². The van der Waals surface area contributed by atoms with Crippen molar-refractivity contribution in [3.05, 3.63) is 53.1 Å². The number of carbonyl (C=O) groups excluding carboxylic acids is 1. The molecular weight excluding hydrogens is 236 g/mol. The smallest absolute Gasteiger partial charge is 0.163 e. The highest BCUT2D eigenvalue weighted by Crippen LogP contribution is 2.31. The van der Waals surface area contributed by atoms with Crippen molar-refractivity contribution in [2.24, 2.45) is 0 Å². The van der Waals surface area contributed by atoms with Gasteiger partial charge in [0.05, 0.1) is 5.56 Å². The summed E-state index contributed by atoms with van der Waals surface area (Å²) in [6, 6.07) is 12.3. The third-order valence-electron chi connectivity index (χ3n) is 2.56. The summed E-state index contributed by atoms with van der Waals surface area (Å²) in [5.74, 6) is -0.178. The van der Waals surface area contributed by atoms with Crippen LogP contribution >= 0.6 is 11.6 Å². The molecule has 0 fully saturated rings. The molecule has 0 spiro atoms. The van der Waals surface area contributed by atoms with Crippen LogP contribution in [0.5, 0.6) is 5.75 Å². The van der Waals surface area contributed by atoms with E-state index in [-0.39, 0.29) is 11.5 Å². The molecule has 0 saturated carbocycles. The molecule has 0 saturated heterocycles. The second-order valence-electron chi connectivity index (χ2n) is 3.77. The van der Waals surface area contributed by atoms with Crippen molar-refractivity contribution in [2.75, 3.05) is 0 Å². The van der Waals surface area contributed by atoms with Crippen molar-refractivity contribution in [1.82, 2.24) is 0 Å². The van der Waals surface area contributed by atoms with Crippen molar-refractivity contribution in [3.63, 3.8) is 0 Å². The number of ketones is 1. The van der Waals surface area contributed by atoms with Gasteiger partial charge >= 0.3 is 0 Å². The standard InChI is InChI=1S/C14H11ClO2/c1-9(16)11-7-6-10(8-14(11)17)12-4-2-3-5-13(12)15/h2-8,17H,1H3. The SMILES string of the molecule is CC(=O)c1ccc(-c2ccccc2Cl)cc1O. The van der Waals surface area contributed by atoms with E-state index in [4.69, 9.17) is 11.6 Å². The quantitative estimate of drug-likeness (QED) is 0.816. The molecule has 0 aromatic heterocycles. The highest BCUT2D eigenvalue weighted by molar-refractivity contribution is 6.33. The van der Waals surface area contributed by atoms with Crippen LogP contribution in [0.15, 0.2) is 42.5 Å². The van der Waals surface area contributed by atoms with Crippen LogP contribution in [0.2, 0.25) is 5.02 Å². The summed E-state index contributed by atoms with van der Waals surface area (Å²) >= 11 is 6.06. The van der Waals surface area contributed by atoms with Gasteiger partial charge in [0.15, 0.2) is 5.78 Å². The molecule has 0 radical (unpaired) electrons. The number of phenolic OH excluding ortho intramolecular Hbond substituents is 1. The molecule has 0 bridgehead atoms. The minimum atomic E-state index is -0.159. The lowest BCUT2D eigenvalue weighted by molar-refractivity contribution is 0.101. The third-order valence-corrected chi connectivity index (χ3v) is 2.89. The van der Waals surface area contributed by atoms with Gasteiger partial charge in [0.25, 0.3) is 0 Å². The van der Waals surface area contributed by atoms with Crippen molar-refractivity contribution in [3.8, 4) is 16.9 Å². The van der Waals surface area contributed by atoms with E-state index < -0.39 is 0 Å². The molecule has 0 aliphatic rings. The number of benzene rings is 2. The second kappa shape index (κ2) is 4.60. The normalized spacial score (nSPS) is 10.2. The fraction of sp³-hybridized carbons (Fsp3) is 0.0714. The van der Waals surface area contributed by atoms with Crippen LogP contribution in [0.4, 0.5) is 0 Å². The van der Waals surface area contributed by atoms with Crippen LogP contribution in [-0.4, -0.2) is 10.9 Å². The van der Waals surface area contributed by atoms with E-state index in [1.54, 1.807) is 24.3 Å². The van der Waals surface area contributed by atoms with Gasteiger partial charge in [-0.3, -0.25) is 4.79 Å². The van der Waals surface area contributed by atoms with Gasteiger partial charge in [-0.25, -0.2) is 0 Å². The summed E-state index contributed by atoms with van der Waals surface area (Å²) in [5.41, 5.74) is 1.94. The van der Waals surface area contributed by atoms with Gasteiger partial charge in [-0.1, -0.05) is 35.9 Å². The van der Waals surface area contributed by atoms with E-state index >= 15 is 0 Å². The largest absolute Gasteiger partial charge is 0.507 e. The van der Waals surface area contributed by atoms with E-state index in [0.717, 1.165) is 11.1 Å². The molecule has 0 aliphatic heterocycles. The molecule has 0 unspecified atom stereocenters. The summed E-state index contributed by atoms with van der Waals surface area (Å²) < 4.78 is 0. The molecule has 0 atom stereocenters. The molecule has 0 aliphatic carbocycles. The first-order valence-corrected chi connectivity index (χ1v) is 5.56. The van der Waals surface area contributed by atoms with Gasteiger partial charge < -0.3 is 5.11 Å². The molecule has 0 heterocycles. The fourth-order valence-corrected chi connectivity index (χ4v) is 1.94. The number of rotatable bonds is 2. The molecule has 17 heavy (non-hydrogen) atoms. The molecule has 2 aromatic carbocycles. The van der Waals surface area contributed by atoms with Crippen molar-refractivity contribution >= 4 is 17.4 Å². The average Bonchev–Trinajstić information content (AvgIpc) is 2.29. The maximum absolute atomic E-state index is 11.2. The minimum absolute atomic E-state index is 0.0186. The zero-order valence-corrected chi connectivity index (χ0v) is 10.0. The fourth-order valence-electron chi connectivity index (χ4n) is 1.69. The van der Waals surface area contributed by atoms with Gasteiger partial charge in [0, 0.05) is 10.6 Å². The highest BCUT2D eigenvalue weighted by Gasteiger charge is 2.09. The Kier molecular flexibility index (Phi) is 3.16. The van der Waals surface area contributed by atoms with E-state index in [0.29, 0.717) is 10.6 Å². The summed E-state index contributed by atoms with van der Waals surface area (Å²) in [6.45, 7) is 1.42. The van der Waals surface area contributed by atoms with Crippen molar-refractivity contribution in [2.45, 2.75) is 6.92 Å². The number of aromatic hydroxyl groups is 1.